The predicted octanol–water partition coefficient (Wildman–Crippen LogP) is 2.17. The third kappa shape index (κ3) is 3.46. The monoisotopic (exact) mass is 389 g/mol. The molecule has 2 aliphatic heterocycles. The molecule has 152 valence electrons. The van der Waals surface area contributed by atoms with Gasteiger partial charge in [-0.3, -0.25) is 4.79 Å². The zero-order valence-electron chi connectivity index (χ0n) is 16.6. The first-order valence-corrected chi connectivity index (χ1v) is 9.47. The van der Waals surface area contributed by atoms with Gasteiger partial charge in [0.1, 0.15) is 11.5 Å². The van der Waals surface area contributed by atoms with Crippen molar-refractivity contribution in [2.45, 2.75) is 50.8 Å². The first kappa shape index (κ1) is 20.2. The molecule has 1 aromatic rings. The molecule has 2 heterocycles. The standard InChI is InChI=1S/C21H27NO6/c1-14-18(27-3)19(28-20(14)25)21(10-4-12-23)11-9-17(24)22(21)13-15-5-7-16(26-2)8-6-15/h5-8,19,23H,4,9-13H2,1-3H3. The van der Waals surface area contributed by atoms with Crippen LogP contribution in [0.25, 0.3) is 0 Å². The molecule has 2 atom stereocenters. The summed E-state index contributed by atoms with van der Waals surface area (Å²) in [7, 11) is 3.12. The number of nitrogens with zero attached hydrogens (tertiary/aromatic N) is 1. The van der Waals surface area contributed by atoms with Crippen LogP contribution in [-0.4, -0.2) is 54.4 Å². The summed E-state index contributed by atoms with van der Waals surface area (Å²) in [6.07, 6.45) is 1.26. The van der Waals surface area contributed by atoms with Crippen molar-refractivity contribution in [2.75, 3.05) is 20.8 Å². The van der Waals surface area contributed by atoms with Crippen molar-refractivity contribution in [1.82, 2.24) is 4.90 Å². The van der Waals surface area contributed by atoms with Gasteiger partial charge in [0.15, 0.2) is 6.10 Å². The van der Waals surface area contributed by atoms with Gasteiger partial charge in [0.2, 0.25) is 5.91 Å². The summed E-state index contributed by atoms with van der Waals surface area (Å²) in [4.78, 5) is 26.8. The molecule has 2 unspecified atom stereocenters. The van der Waals surface area contributed by atoms with Crippen LogP contribution in [0.3, 0.4) is 0 Å². The minimum atomic E-state index is -0.738. The summed E-state index contributed by atoms with van der Waals surface area (Å²) in [6, 6.07) is 7.54. The largest absolute Gasteiger partial charge is 0.497 e. The Labute approximate surface area is 164 Å². The number of carbonyl (C=O) groups is 2. The van der Waals surface area contributed by atoms with Crippen LogP contribution in [-0.2, 0) is 25.6 Å². The van der Waals surface area contributed by atoms with Crippen LogP contribution in [0.2, 0.25) is 0 Å². The number of rotatable bonds is 8. The maximum Gasteiger partial charge on any atom is 0.338 e. The molecule has 0 saturated carbocycles. The lowest BCUT2D eigenvalue weighted by Gasteiger charge is -2.42. The minimum Gasteiger partial charge on any atom is -0.497 e. The number of hydrogen-bond donors (Lipinski definition) is 1. The van der Waals surface area contributed by atoms with E-state index in [1.807, 2.05) is 24.3 Å². The summed E-state index contributed by atoms with van der Waals surface area (Å²) >= 11 is 0. The number of aliphatic hydroxyl groups excluding tert-OH is 1. The number of likely N-dealkylation sites (tertiary alicyclic amines) is 1. The normalized spacial score (nSPS) is 24.7. The molecule has 1 N–H and O–H groups in total. The third-order valence-electron chi connectivity index (χ3n) is 5.72. The van der Waals surface area contributed by atoms with E-state index in [0.717, 1.165) is 11.3 Å². The van der Waals surface area contributed by atoms with Crippen LogP contribution in [0.5, 0.6) is 5.75 Å². The number of carbonyl (C=O) groups excluding carboxylic acids is 2. The van der Waals surface area contributed by atoms with Gasteiger partial charge in [0.05, 0.1) is 25.3 Å². The van der Waals surface area contributed by atoms with Gasteiger partial charge in [-0.25, -0.2) is 4.79 Å². The van der Waals surface area contributed by atoms with Crippen molar-refractivity contribution >= 4 is 11.9 Å². The van der Waals surface area contributed by atoms with Crippen molar-refractivity contribution in [3.8, 4) is 5.75 Å². The number of esters is 1. The molecule has 0 bridgehead atoms. The maximum absolute atomic E-state index is 12.8. The molecule has 1 fully saturated rings. The van der Waals surface area contributed by atoms with Crippen molar-refractivity contribution in [3.63, 3.8) is 0 Å². The van der Waals surface area contributed by atoms with Crippen LogP contribution in [0.15, 0.2) is 35.6 Å². The fourth-order valence-electron chi connectivity index (χ4n) is 4.21. The lowest BCUT2D eigenvalue weighted by molar-refractivity contribution is -0.152. The fourth-order valence-corrected chi connectivity index (χ4v) is 4.21. The topological polar surface area (TPSA) is 85.3 Å². The molecule has 7 heteroatoms. The Morgan fingerprint density at radius 3 is 2.54 bits per heavy atom. The van der Waals surface area contributed by atoms with Crippen LogP contribution in [0.4, 0.5) is 0 Å². The molecule has 2 aliphatic rings. The third-order valence-corrected chi connectivity index (χ3v) is 5.72. The van der Waals surface area contributed by atoms with Crippen LogP contribution in [0, 0.1) is 0 Å². The van der Waals surface area contributed by atoms with E-state index in [4.69, 9.17) is 14.2 Å². The number of benzene rings is 1. The van der Waals surface area contributed by atoms with E-state index in [1.54, 1.807) is 18.9 Å². The summed E-state index contributed by atoms with van der Waals surface area (Å²) in [5.74, 6) is 0.796. The minimum absolute atomic E-state index is 0.00199. The lowest BCUT2D eigenvalue weighted by Crippen LogP contribution is -2.55. The smallest absolute Gasteiger partial charge is 0.338 e. The first-order chi connectivity index (χ1) is 13.5. The molecule has 1 amide bonds. The molecular formula is C21H27NO6. The molecule has 0 aromatic heterocycles. The van der Waals surface area contributed by atoms with Gasteiger partial charge < -0.3 is 24.2 Å². The average molecular weight is 389 g/mol. The van der Waals surface area contributed by atoms with Gasteiger partial charge in [-0.15, -0.1) is 0 Å². The highest BCUT2D eigenvalue weighted by Gasteiger charge is 2.56. The highest BCUT2D eigenvalue weighted by molar-refractivity contribution is 5.91. The Hall–Kier alpha value is -2.54. The molecule has 0 spiro atoms. The lowest BCUT2D eigenvalue weighted by atomic mass is 9.83. The highest BCUT2D eigenvalue weighted by Crippen LogP contribution is 2.45. The summed E-state index contributed by atoms with van der Waals surface area (Å²) < 4.78 is 16.4. The Morgan fingerprint density at radius 1 is 1.21 bits per heavy atom. The molecule has 0 radical (unpaired) electrons. The van der Waals surface area contributed by atoms with E-state index >= 15 is 0 Å². The molecule has 1 aromatic carbocycles. The van der Waals surface area contributed by atoms with Crippen LogP contribution in [0.1, 0.15) is 38.2 Å². The predicted molar refractivity (Wildman–Crippen MR) is 101 cm³/mol. The Bertz CT molecular complexity index is 772. The Balaban J connectivity index is 1.97. The van der Waals surface area contributed by atoms with Gasteiger partial charge >= 0.3 is 5.97 Å². The maximum atomic E-state index is 12.8. The average Bonchev–Trinajstić information content (AvgIpc) is 3.18. The number of cyclic esters (lactones) is 1. The van der Waals surface area contributed by atoms with Gasteiger partial charge in [0.25, 0.3) is 0 Å². The zero-order valence-corrected chi connectivity index (χ0v) is 16.6. The van der Waals surface area contributed by atoms with Gasteiger partial charge in [-0.05, 0) is 43.9 Å². The fraction of sp³-hybridized carbons (Fsp3) is 0.524. The summed E-state index contributed by atoms with van der Waals surface area (Å²) in [6.45, 7) is 2.06. The Morgan fingerprint density at radius 2 is 1.93 bits per heavy atom. The number of methoxy groups -OCH3 is 2. The van der Waals surface area contributed by atoms with E-state index in [0.29, 0.717) is 43.6 Å². The van der Waals surface area contributed by atoms with E-state index in [-0.39, 0.29) is 12.5 Å². The van der Waals surface area contributed by atoms with Crippen molar-refractivity contribution < 1.29 is 28.9 Å². The second-order valence-electron chi connectivity index (χ2n) is 7.24. The van der Waals surface area contributed by atoms with E-state index in [1.165, 1.54) is 7.11 Å². The SMILES string of the molecule is COC1=C(C)C(=O)OC1C1(CCCO)CCC(=O)N1Cc1ccc(OC)cc1. The number of aliphatic hydroxyl groups is 1. The van der Waals surface area contributed by atoms with Crippen molar-refractivity contribution in [3.05, 3.63) is 41.2 Å². The van der Waals surface area contributed by atoms with Crippen LogP contribution >= 0.6 is 0 Å². The van der Waals surface area contributed by atoms with Gasteiger partial charge in [0, 0.05) is 19.6 Å². The van der Waals surface area contributed by atoms with E-state index in [2.05, 4.69) is 0 Å². The molecule has 1 saturated heterocycles. The first-order valence-electron chi connectivity index (χ1n) is 9.47. The second kappa shape index (κ2) is 8.22. The molecular weight excluding hydrogens is 362 g/mol. The van der Waals surface area contributed by atoms with Gasteiger partial charge in [-0.1, -0.05) is 12.1 Å². The summed E-state index contributed by atoms with van der Waals surface area (Å²) in [5.41, 5.74) is 0.645. The van der Waals surface area contributed by atoms with E-state index < -0.39 is 17.6 Å². The molecule has 3 rings (SSSR count). The molecule has 28 heavy (non-hydrogen) atoms. The van der Waals surface area contributed by atoms with Crippen molar-refractivity contribution in [2.24, 2.45) is 0 Å². The zero-order chi connectivity index (χ0) is 20.3. The van der Waals surface area contributed by atoms with Crippen molar-refractivity contribution in [1.29, 1.82) is 0 Å². The van der Waals surface area contributed by atoms with Crippen LogP contribution < -0.4 is 4.74 Å². The number of amides is 1. The van der Waals surface area contributed by atoms with Gasteiger partial charge in [-0.2, -0.15) is 0 Å². The molecule has 7 nitrogen and oxygen atoms in total. The number of ether oxygens (including phenoxy) is 3. The Kier molecular flexibility index (Phi) is 5.93. The summed E-state index contributed by atoms with van der Waals surface area (Å²) in [5, 5.41) is 9.44. The van der Waals surface area contributed by atoms with E-state index in [9.17, 15) is 14.7 Å². The molecule has 0 aliphatic carbocycles. The quantitative estimate of drug-likeness (QED) is 0.686. The second-order valence-corrected chi connectivity index (χ2v) is 7.24. The highest BCUT2D eigenvalue weighted by atomic mass is 16.6. The number of hydrogen-bond acceptors (Lipinski definition) is 6.